The first-order valence-electron chi connectivity index (χ1n) is 5.48. The number of nitrogens with zero attached hydrogens (tertiary/aromatic N) is 1. The van der Waals surface area contributed by atoms with Crippen LogP contribution in [0.3, 0.4) is 0 Å². The van der Waals surface area contributed by atoms with Crippen molar-refractivity contribution in [2.24, 2.45) is 0 Å². The van der Waals surface area contributed by atoms with Gasteiger partial charge < -0.3 is 9.52 Å². The van der Waals surface area contributed by atoms with Gasteiger partial charge in [-0.25, -0.2) is 4.79 Å². The zero-order chi connectivity index (χ0) is 12.2. The molecule has 17 heavy (non-hydrogen) atoms. The third-order valence-electron chi connectivity index (χ3n) is 3.36. The van der Waals surface area contributed by atoms with Gasteiger partial charge in [-0.1, -0.05) is 6.92 Å². The predicted octanol–water partition coefficient (Wildman–Crippen LogP) is 2.34. The third kappa shape index (κ3) is 1.25. The number of fused-ring (bicyclic) bond motifs is 3. The van der Waals surface area contributed by atoms with Gasteiger partial charge in [0.25, 0.3) is 0 Å². The van der Waals surface area contributed by atoms with E-state index in [1.807, 2.05) is 0 Å². The molecule has 2 aromatic rings. The molecule has 0 saturated carbocycles. The van der Waals surface area contributed by atoms with Crippen LogP contribution in [-0.4, -0.2) is 21.3 Å². The lowest BCUT2D eigenvalue weighted by Gasteiger charge is -2.17. The second-order valence-corrected chi connectivity index (χ2v) is 4.47. The van der Waals surface area contributed by atoms with Crippen LogP contribution in [0.25, 0.3) is 11.3 Å². The molecule has 0 radical (unpaired) electrons. The summed E-state index contributed by atoms with van der Waals surface area (Å²) in [5, 5.41) is 16.0. The molecule has 5 nitrogen and oxygen atoms in total. The topological polar surface area (TPSA) is 79.1 Å². The first-order chi connectivity index (χ1) is 8.09. The van der Waals surface area contributed by atoms with E-state index in [1.165, 1.54) is 0 Å². The van der Waals surface area contributed by atoms with E-state index in [4.69, 9.17) is 9.52 Å². The Morgan fingerprint density at radius 2 is 2.41 bits per heavy atom. The number of aromatic amines is 1. The van der Waals surface area contributed by atoms with Gasteiger partial charge in [0.2, 0.25) is 5.76 Å². The van der Waals surface area contributed by atoms with Crippen LogP contribution < -0.4 is 0 Å². The first kappa shape index (κ1) is 10.1. The Labute approximate surface area is 97.5 Å². The fourth-order valence-electron chi connectivity index (χ4n) is 2.51. The Morgan fingerprint density at radius 3 is 3.12 bits per heavy atom. The van der Waals surface area contributed by atoms with E-state index in [2.05, 4.69) is 17.1 Å². The van der Waals surface area contributed by atoms with Crippen molar-refractivity contribution >= 4 is 5.97 Å². The Balaban J connectivity index is 2.29. The Kier molecular flexibility index (Phi) is 1.92. The molecule has 2 N–H and O–H groups in total. The molecule has 1 aliphatic rings. The molecular formula is C12H12N2O3. The van der Waals surface area contributed by atoms with Gasteiger partial charge >= 0.3 is 5.97 Å². The molecule has 0 saturated heterocycles. The molecule has 0 fully saturated rings. The van der Waals surface area contributed by atoms with Crippen molar-refractivity contribution in [3.05, 3.63) is 28.8 Å². The highest BCUT2D eigenvalue weighted by molar-refractivity contribution is 5.90. The van der Waals surface area contributed by atoms with Gasteiger partial charge in [0.15, 0.2) is 0 Å². The molecule has 1 atom stereocenters. The molecule has 3 rings (SSSR count). The second-order valence-electron chi connectivity index (χ2n) is 4.47. The summed E-state index contributed by atoms with van der Waals surface area (Å²) in [6.45, 7) is 3.85. The van der Waals surface area contributed by atoms with Crippen molar-refractivity contribution in [1.29, 1.82) is 0 Å². The van der Waals surface area contributed by atoms with E-state index in [-0.39, 0.29) is 5.76 Å². The molecule has 0 bridgehead atoms. The van der Waals surface area contributed by atoms with E-state index in [0.29, 0.717) is 11.5 Å². The number of hydrogen-bond donors (Lipinski definition) is 2. The van der Waals surface area contributed by atoms with Crippen molar-refractivity contribution < 1.29 is 14.3 Å². The maximum Gasteiger partial charge on any atom is 0.372 e. The Morgan fingerprint density at radius 1 is 1.65 bits per heavy atom. The second kappa shape index (κ2) is 3.23. The number of furan rings is 1. The standard InChI is InChI=1S/C12H12N2O3/c1-5-3-8-9(10-7(5)4-13-14-10)6(2)11(17-8)12(15)16/h4-5H,3H2,1-2H3,(H,13,14)(H,15,16). The maximum atomic E-state index is 11.1. The van der Waals surface area contributed by atoms with E-state index in [1.54, 1.807) is 13.1 Å². The molecule has 5 heteroatoms. The zero-order valence-corrected chi connectivity index (χ0v) is 9.57. The number of carboxylic acid groups (broad SMARTS) is 1. The van der Waals surface area contributed by atoms with Gasteiger partial charge in [-0.3, -0.25) is 5.10 Å². The minimum atomic E-state index is -1.02. The van der Waals surface area contributed by atoms with Gasteiger partial charge in [0.1, 0.15) is 5.76 Å². The largest absolute Gasteiger partial charge is 0.475 e. The molecule has 2 heterocycles. The maximum absolute atomic E-state index is 11.1. The normalized spacial score (nSPS) is 17.6. The lowest BCUT2D eigenvalue weighted by Crippen LogP contribution is -2.05. The molecule has 1 aliphatic carbocycles. The van der Waals surface area contributed by atoms with Crippen LogP contribution in [0.4, 0.5) is 0 Å². The van der Waals surface area contributed by atoms with Crippen molar-refractivity contribution in [3.8, 4) is 11.3 Å². The van der Waals surface area contributed by atoms with Crippen LogP contribution >= 0.6 is 0 Å². The summed E-state index contributed by atoms with van der Waals surface area (Å²) in [6.07, 6.45) is 2.52. The van der Waals surface area contributed by atoms with Crippen LogP contribution in [0.2, 0.25) is 0 Å². The van der Waals surface area contributed by atoms with Gasteiger partial charge in [-0.15, -0.1) is 0 Å². The molecule has 0 aromatic carbocycles. The highest BCUT2D eigenvalue weighted by Crippen LogP contribution is 2.42. The average Bonchev–Trinajstić information content (AvgIpc) is 2.83. The molecule has 0 aliphatic heterocycles. The number of nitrogens with one attached hydrogen (secondary N) is 1. The smallest absolute Gasteiger partial charge is 0.372 e. The number of aromatic carboxylic acids is 1. The van der Waals surface area contributed by atoms with Crippen molar-refractivity contribution in [2.45, 2.75) is 26.2 Å². The molecule has 2 aromatic heterocycles. The summed E-state index contributed by atoms with van der Waals surface area (Å²) in [7, 11) is 0. The quantitative estimate of drug-likeness (QED) is 0.790. The van der Waals surface area contributed by atoms with Gasteiger partial charge in [0.05, 0.1) is 11.9 Å². The van der Waals surface area contributed by atoms with E-state index in [0.717, 1.165) is 29.0 Å². The summed E-state index contributed by atoms with van der Waals surface area (Å²) in [4.78, 5) is 11.1. The molecule has 0 amide bonds. The van der Waals surface area contributed by atoms with E-state index in [9.17, 15) is 4.79 Å². The van der Waals surface area contributed by atoms with Crippen molar-refractivity contribution in [1.82, 2.24) is 10.2 Å². The summed E-state index contributed by atoms with van der Waals surface area (Å²) in [5.41, 5.74) is 3.56. The van der Waals surface area contributed by atoms with E-state index < -0.39 is 5.97 Å². The van der Waals surface area contributed by atoms with Crippen molar-refractivity contribution in [2.75, 3.05) is 0 Å². The highest BCUT2D eigenvalue weighted by Gasteiger charge is 2.31. The molecule has 1 unspecified atom stereocenters. The van der Waals surface area contributed by atoms with Crippen molar-refractivity contribution in [3.63, 3.8) is 0 Å². The number of carboxylic acids is 1. The Bertz CT molecular complexity index is 609. The number of rotatable bonds is 1. The summed E-state index contributed by atoms with van der Waals surface area (Å²) < 4.78 is 5.45. The SMILES string of the molecule is Cc1c(C(=O)O)oc2c1-c1[nH]ncc1C(C)C2. The molecule has 88 valence electrons. The fraction of sp³-hybridized carbons (Fsp3) is 0.333. The van der Waals surface area contributed by atoms with Gasteiger partial charge in [-0.05, 0) is 12.8 Å². The minimum absolute atomic E-state index is 0.0321. The van der Waals surface area contributed by atoms with Crippen LogP contribution in [0, 0.1) is 6.92 Å². The average molecular weight is 232 g/mol. The summed E-state index contributed by atoms with van der Waals surface area (Å²) in [5.74, 6) is 0.0443. The van der Waals surface area contributed by atoms with Gasteiger partial charge in [-0.2, -0.15) is 5.10 Å². The highest BCUT2D eigenvalue weighted by atomic mass is 16.4. The first-order valence-corrected chi connectivity index (χ1v) is 5.48. The van der Waals surface area contributed by atoms with Crippen LogP contribution in [-0.2, 0) is 6.42 Å². The fourth-order valence-corrected chi connectivity index (χ4v) is 2.51. The van der Waals surface area contributed by atoms with Crippen LogP contribution in [0.1, 0.15) is 40.3 Å². The number of H-pyrrole nitrogens is 1. The predicted molar refractivity (Wildman–Crippen MR) is 60.1 cm³/mol. The lowest BCUT2D eigenvalue weighted by atomic mass is 9.86. The number of aromatic nitrogens is 2. The summed E-state index contributed by atoms with van der Waals surface area (Å²) >= 11 is 0. The number of carbonyl (C=O) groups is 1. The number of hydrogen-bond acceptors (Lipinski definition) is 3. The van der Waals surface area contributed by atoms with Crippen LogP contribution in [0.15, 0.2) is 10.6 Å². The van der Waals surface area contributed by atoms with Gasteiger partial charge in [0, 0.05) is 23.1 Å². The lowest BCUT2D eigenvalue weighted by molar-refractivity contribution is 0.0659. The third-order valence-corrected chi connectivity index (χ3v) is 3.36. The monoisotopic (exact) mass is 232 g/mol. The van der Waals surface area contributed by atoms with Crippen LogP contribution in [0.5, 0.6) is 0 Å². The Hall–Kier alpha value is -2.04. The summed E-state index contributed by atoms with van der Waals surface area (Å²) in [6, 6.07) is 0. The minimum Gasteiger partial charge on any atom is -0.475 e. The molecule has 0 spiro atoms. The van der Waals surface area contributed by atoms with E-state index >= 15 is 0 Å². The zero-order valence-electron chi connectivity index (χ0n) is 9.57. The molecular weight excluding hydrogens is 220 g/mol.